The van der Waals surface area contributed by atoms with Crippen LogP contribution in [0, 0.1) is 11.5 Å². The predicted octanol–water partition coefficient (Wildman–Crippen LogP) is 0.566. The predicted molar refractivity (Wildman–Crippen MR) is 57.8 cm³/mol. The minimum atomic E-state index is 0.601. The van der Waals surface area contributed by atoms with Crippen molar-refractivity contribution in [3.63, 3.8) is 0 Å². The summed E-state index contributed by atoms with van der Waals surface area (Å²) >= 11 is 0. The van der Waals surface area contributed by atoms with Gasteiger partial charge in [0.2, 0.25) is 5.96 Å². The molecule has 1 fully saturated rings. The second-order valence-corrected chi connectivity index (χ2v) is 4.10. The van der Waals surface area contributed by atoms with Gasteiger partial charge in [-0.1, -0.05) is 19.3 Å². The average Bonchev–Trinajstić information content (AvgIpc) is 2.32. The molecule has 1 aliphatic carbocycles. The van der Waals surface area contributed by atoms with Crippen LogP contribution >= 0.6 is 0 Å². The van der Waals surface area contributed by atoms with Gasteiger partial charge in [-0.2, -0.15) is 5.26 Å². The Labute approximate surface area is 90.2 Å². The molecule has 1 heterocycles. The van der Waals surface area contributed by atoms with Crippen molar-refractivity contribution in [2.45, 2.75) is 38.1 Å². The zero-order chi connectivity index (χ0) is 10.5. The number of hydrogen-bond donors (Lipinski definition) is 2. The minimum Gasteiger partial charge on any atom is -0.343 e. The summed E-state index contributed by atoms with van der Waals surface area (Å²) in [6.07, 6.45) is 8.51. The number of nitriles is 1. The molecule has 0 unspecified atom stereocenters. The van der Waals surface area contributed by atoms with Crippen LogP contribution in [0.3, 0.4) is 0 Å². The van der Waals surface area contributed by atoms with Crippen LogP contribution in [0.2, 0.25) is 0 Å². The van der Waals surface area contributed by atoms with Gasteiger partial charge in [-0.15, -0.1) is 0 Å². The van der Waals surface area contributed by atoms with Crippen LogP contribution in [0.1, 0.15) is 32.1 Å². The number of nitrogens with zero attached hydrogens (tertiary/aromatic N) is 3. The highest BCUT2D eigenvalue weighted by atomic mass is 15.4. The first-order valence-electron chi connectivity index (χ1n) is 5.57. The third kappa shape index (κ3) is 2.60. The first-order chi connectivity index (χ1) is 7.40. The Morgan fingerprint density at radius 3 is 2.80 bits per heavy atom. The zero-order valence-electron chi connectivity index (χ0n) is 8.87. The lowest BCUT2D eigenvalue weighted by atomic mass is 9.94. The Bertz CT molecular complexity index is 274. The number of aliphatic imine (C=N–C) groups is 1. The highest BCUT2D eigenvalue weighted by Crippen LogP contribution is 2.22. The number of hydrogen-bond acceptors (Lipinski definition) is 5. The lowest BCUT2D eigenvalue weighted by Crippen LogP contribution is -2.51. The number of guanidine groups is 1. The summed E-state index contributed by atoms with van der Waals surface area (Å²) in [5.74, 6) is 0.601. The fourth-order valence-electron chi connectivity index (χ4n) is 2.27. The minimum absolute atomic E-state index is 0.601. The Morgan fingerprint density at radius 1 is 1.40 bits per heavy atom. The SMILES string of the molecule is N#CNC1=NCN(C2CCCCC2)CN1. The van der Waals surface area contributed by atoms with Crippen LogP contribution in [-0.4, -0.2) is 30.2 Å². The molecule has 0 radical (unpaired) electrons. The molecule has 0 aromatic rings. The maximum Gasteiger partial charge on any atom is 0.207 e. The second kappa shape index (κ2) is 4.99. The maximum atomic E-state index is 8.44. The van der Waals surface area contributed by atoms with E-state index in [0.717, 1.165) is 6.67 Å². The molecule has 15 heavy (non-hydrogen) atoms. The third-order valence-electron chi connectivity index (χ3n) is 3.13. The van der Waals surface area contributed by atoms with E-state index >= 15 is 0 Å². The van der Waals surface area contributed by atoms with E-state index in [1.54, 1.807) is 0 Å². The molecule has 0 bridgehead atoms. The normalized spacial score (nSPS) is 23.8. The van der Waals surface area contributed by atoms with Gasteiger partial charge in [0.1, 0.15) is 0 Å². The van der Waals surface area contributed by atoms with Gasteiger partial charge in [0, 0.05) is 6.04 Å². The van der Waals surface area contributed by atoms with E-state index in [1.807, 2.05) is 6.19 Å². The molecule has 5 heteroatoms. The molecule has 82 valence electrons. The zero-order valence-corrected chi connectivity index (χ0v) is 8.87. The van der Waals surface area contributed by atoms with Gasteiger partial charge in [0.05, 0.1) is 13.3 Å². The smallest absolute Gasteiger partial charge is 0.207 e. The fourth-order valence-corrected chi connectivity index (χ4v) is 2.27. The van der Waals surface area contributed by atoms with Crippen molar-refractivity contribution < 1.29 is 0 Å². The molecule has 1 aliphatic heterocycles. The van der Waals surface area contributed by atoms with Gasteiger partial charge in [-0.3, -0.25) is 10.2 Å². The monoisotopic (exact) mass is 207 g/mol. The van der Waals surface area contributed by atoms with Crippen molar-refractivity contribution in [1.29, 1.82) is 5.26 Å². The molecule has 5 nitrogen and oxygen atoms in total. The second-order valence-electron chi connectivity index (χ2n) is 4.10. The van der Waals surface area contributed by atoms with Crippen LogP contribution in [0.4, 0.5) is 0 Å². The van der Waals surface area contributed by atoms with E-state index in [4.69, 9.17) is 5.26 Å². The van der Waals surface area contributed by atoms with Crippen molar-refractivity contribution in [3.05, 3.63) is 0 Å². The maximum absolute atomic E-state index is 8.44. The summed E-state index contributed by atoms with van der Waals surface area (Å²) in [5.41, 5.74) is 0. The van der Waals surface area contributed by atoms with E-state index in [1.165, 1.54) is 32.1 Å². The Morgan fingerprint density at radius 2 is 2.20 bits per heavy atom. The molecule has 0 amide bonds. The van der Waals surface area contributed by atoms with Crippen molar-refractivity contribution >= 4 is 5.96 Å². The first-order valence-corrected chi connectivity index (χ1v) is 5.57. The van der Waals surface area contributed by atoms with Crippen molar-refractivity contribution in [2.75, 3.05) is 13.3 Å². The van der Waals surface area contributed by atoms with Crippen LogP contribution in [0.15, 0.2) is 4.99 Å². The van der Waals surface area contributed by atoms with Crippen molar-refractivity contribution in [2.24, 2.45) is 4.99 Å². The molecule has 0 aromatic heterocycles. The summed E-state index contributed by atoms with van der Waals surface area (Å²) in [5, 5.41) is 14.1. The van der Waals surface area contributed by atoms with Gasteiger partial charge in [0.25, 0.3) is 0 Å². The van der Waals surface area contributed by atoms with Gasteiger partial charge < -0.3 is 5.32 Å². The van der Waals surface area contributed by atoms with Crippen LogP contribution in [0.25, 0.3) is 0 Å². The van der Waals surface area contributed by atoms with Crippen LogP contribution in [0.5, 0.6) is 0 Å². The van der Waals surface area contributed by atoms with Crippen molar-refractivity contribution in [1.82, 2.24) is 15.5 Å². The van der Waals surface area contributed by atoms with Gasteiger partial charge >= 0.3 is 0 Å². The lowest BCUT2D eigenvalue weighted by molar-refractivity contribution is 0.149. The Kier molecular flexibility index (Phi) is 3.41. The molecule has 0 spiro atoms. The highest BCUT2D eigenvalue weighted by molar-refractivity contribution is 5.81. The van der Waals surface area contributed by atoms with E-state index < -0.39 is 0 Å². The van der Waals surface area contributed by atoms with Gasteiger partial charge in [-0.05, 0) is 12.8 Å². The van der Waals surface area contributed by atoms with E-state index in [2.05, 4.69) is 20.5 Å². The molecular formula is C10H17N5. The Hall–Kier alpha value is -1.28. The van der Waals surface area contributed by atoms with Gasteiger partial charge in [-0.25, -0.2) is 4.99 Å². The largest absolute Gasteiger partial charge is 0.343 e. The summed E-state index contributed by atoms with van der Waals surface area (Å²) in [6.45, 7) is 1.51. The topological polar surface area (TPSA) is 63.5 Å². The standard InChI is InChI=1S/C10H17N5/c11-6-12-10-13-7-15(8-14-10)9-4-2-1-3-5-9/h9H,1-5,7-8H2,(H2,12,13,14). The molecular weight excluding hydrogens is 190 g/mol. The van der Waals surface area contributed by atoms with E-state index in [-0.39, 0.29) is 0 Å². The number of nitrogens with one attached hydrogen (secondary N) is 2. The molecule has 1 saturated carbocycles. The summed E-state index contributed by atoms with van der Waals surface area (Å²) in [7, 11) is 0. The highest BCUT2D eigenvalue weighted by Gasteiger charge is 2.22. The number of rotatable bonds is 1. The average molecular weight is 207 g/mol. The van der Waals surface area contributed by atoms with Crippen molar-refractivity contribution in [3.8, 4) is 6.19 Å². The molecule has 0 saturated heterocycles. The summed E-state index contributed by atoms with van der Waals surface area (Å²) in [4.78, 5) is 6.62. The van der Waals surface area contributed by atoms with E-state index in [9.17, 15) is 0 Å². The fraction of sp³-hybridized carbons (Fsp3) is 0.800. The van der Waals surface area contributed by atoms with Crippen LogP contribution in [-0.2, 0) is 0 Å². The lowest BCUT2D eigenvalue weighted by Gasteiger charge is -2.35. The Balaban J connectivity index is 1.84. The summed E-state index contributed by atoms with van der Waals surface area (Å²) < 4.78 is 0. The summed E-state index contributed by atoms with van der Waals surface area (Å²) in [6, 6.07) is 0.679. The molecule has 2 N–H and O–H groups in total. The van der Waals surface area contributed by atoms with E-state index in [0.29, 0.717) is 18.7 Å². The third-order valence-corrected chi connectivity index (χ3v) is 3.13. The van der Waals surface area contributed by atoms with Gasteiger partial charge in [0.15, 0.2) is 6.19 Å². The molecule has 0 atom stereocenters. The molecule has 2 rings (SSSR count). The molecule has 2 aliphatic rings. The first kappa shape index (κ1) is 10.2. The van der Waals surface area contributed by atoms with Crippen LogP contribution < -0.4 is 10.6 Å². The molecule has 0 aromatic carbocycles. The quantitative estimate of drug-likeness (QED) is 0.487.